The topological polar surface area (TPSA) is 30.5 Å². The van der Waals surface area contributed by atoms with Gasteiger partial charge < -0.3 is 14.8 Å². The minimum atomic E-state index is 0.741. The van der Waals surface area contributed by atoms with Gasteiger partial charge in [-0.2, -0.15) is 0 Å². The van der Waals surface area contributed by atoms with Gasteiger partial charge in [-0.25, -0.2) is 0 Å². The first-order valence-electron chi connectivity index (χ1n) is 9.30. The Morgan fingerprint density at radius 3 is 2.40 bits per heavy atom. The van der Waals surface area contributed by atoms with Gasteiger partial charge in [-0.15, -0.1) is 0 Å². The Kier molecular flexibility index (Phi) is 8.33. The minimum absolute atomic E-state index is 0.741. The van der Waals surface area contributed by atoms with Gasteiger partial charge in [0.05, 0.1) is 13.7 Å². The Morgan fingerprint density at radius 1 is 0.880 bits per heavy atom. The zero-order chi connectivity index (χ0) is 17.9. The van der Waals surface area contributed by atoms with Crippen LogP contribution in [0.25, 0.3) is 0 Å². The van der Waals surface area contributed by atoms with Gasteiger partial charge in [0.2, 0.25) is 0 Å². The summed E-state index contributed by atoms with van der Waals surface area (Å²) in [5, 5.41) is 3.53. The van der Waals surface area contributed by atoms with Crippen molar-refractivity contribution in [3.05, 3.63) is 59.2 Å². The molecule has 2 aromatic carbocycles. The second kappa shape index (κ2) is 10.8. The van der Waals surface area contributed by atoms with Gasteiger partial charge in [0.25, 0.3) is 0 Å². The summed E-state index contributed by atoms with van der Waals surface area (Å²) >= 11 is 0. The van der Waals surface area contributed by atoms with Crippen molar-refractivity contribution < 1.29 is 9.47 Å². The van der Waals surface area contributed by atoms with Crippen molar-refractivity contribution in [2.45, 2.75) is 52.6 Å². The molecule has 0 saturated carbocycles. The monoisotopic (exact) mass is 341 g/mol. The van der Waals surface area contributed by atoms with E-state index in [1.807, 2.05) is 12.1 Å². The van der Waals surface area contributed by atoms with Crippen molar-refractivity contribution in [1.29, 1.82) is 0 Å². The number of unbranched alkanes of at least 4 members (excludes halogenated alkanes) is 3. The van der Waals surface area contributed by atoms with E-state index in [0.717, 1.165) is 43.2 Å². The van der Waals surface area contributed by atoms with Crippen molar-refractivity contribution in [3.63, 3.8) is 0 Å². The Balaban J connectivity index is 1.95. The fraction of sp³-hybridized carbons (Fsp3) is 0.455. The Bertz CT molecular complexity index is 640. The second-order valence-corrected chi connectivity index (χ2v) is 6.39. The molecule has 0 spiro atoms. The summed E-state index contributed by atoms with van der Waals surface area (Å²) < 4.78 is 11.6. The van der Waals surface area contributed by atoms with E-state index in [9.17, 15) is 0 Å². The van der Waals surface area contributed by atoms with E-state index < -0.39 is 0 Å². The molecule has 25 heavy (non-hydrogen) atoms. The first-order valence-corrected chi connectivity index (χ1v) is 9.30. The first-order chi connectivity index (χ1) is 12.3. The highest BCUT2D eigenvalue weighted by atomic mass is 16.5. The van der Waals surface area contributed by atoms with E-state index in [-0.39, 0.29) is 0 Å². The molecule has 3 nitrogen and oxygen atoms in total. The second-order valence-electron chi connectivity index (χ2n) is 6.39. The largest absolute Gasteiger partial charge is 0.493 e. The molecule has 0 atom stereocenters. The number of ether oxygens (including phenoxy) is 2. The maximum atomic E-state index is 6.07. The zero-order valence-corrected chi connectivity index (χ0v) is 15.8. The summed E-state index contributed by atoms with van der Waals surface area (Å²) in [4.78, 5) is 0. The quantitative estimate of drug-likeness (QED) is 0.566. The molecule has 0 radical (unpaired) electrons. The third kappa shape index (κ3) is 6.09. The summed E-state index contributed by atoms with van der Waals surface area (Å²) in [6, 6.07) is 14.6. The van der Waals surface area contributed by atoms with Gasteiger partial charge in [-0.1, -0.05) is 62.6 Å². The summed E-state index contributed by atoms with van der Waals surface area (Å²) in [7, 11) is 1.70. The number of methoxy groups -OCH3 is 1. The number of aryl methyl sites for hydroxylation is 1. The van der Waals surface area contributed by atoms with Crippen LogP contribution in [0, 0.1) is 6.92 Å². The van der Waals surface area contributed by atoms with Crippen LogP contribution < -0.4 is 14.8 Å². The maximum Gasteiger partial charge on any atom is 0.165 e. The Morgan fingerprint density at radius 2 is 1.64 bits per heavy atom. The normalized spacial score (nSPS) is 10.7. The molecular weight excluding hydrogens is 310 g/mol. The predicted molar refractivity (Wildman–Crippen MR) is 104 cm³/mol. The Labute approximate surface area is 152 Å². The molecule has 3 heteroatoms. The molecular formula is C22H31NO2. The van der Waals surface area contributed by atoms with Crippen molar-refractivity contribution >= 4 is 0 Å². The van der Waals surface area contributed by atoms with Crippen molar-refractivity contribution in [3.8, 4) is 11.5 Å². The number of hydrogen-bond acceptors (Lipinski definition) is 3. The average molecular weight is 341 g/mol. The fourth-order valence-corrected chi connectivity index (χ4v) is 2.87. The molecule has 1 N–H and O–H groups in total. The lowest BCUT2D eigenvalue weighted by Gasteiger charge is -2.16. The van der Waals surface area contributed by atoms with Crippen LogP contribution in [-0.2, 0) is 13.1 Å². The lowest BCUT2D eigenvalue weighted by molar-refractivity contribution is 0.281. The zero-order valence-electron chi connectivity index (χ0n) is 15.8. The van der Waals surface area contributed by atoms with E-state index in [1.165, 1.54) is 30.4 Å². The molecule has 136 valence electrons. The highest BCUT2D eigenvalue weighted by Gasteiger charge is 2.10. The van der Waals surface area contributed by atoms with Crippen molar-refractivity contribution in [2.75, 3.05) is 13.7 Å². The van der Waals surface area contributed by atoms with Crippen LogP contribution in [0.5, 0.6) is 11.5 Å². The summed E-state index contributed by atoms with van der Waals surface area (Å²) in [6.07, 6.45) is 4.80. The molecule has 0 aliphatic rings. The average Bonchev–Trinajstić information content (AvgIpc) is 2.63. The molecule has 0 saturated heterocycles. The minimum Gasteiger partial charge on any atom is -0.493 e. The highest BCUT2D eigenvalue weighted by molar-refractivity contribution is 5.46. The van der Waals surface area contributed by atoms with Gasteiger partial charge >= 0.3 is 0 Å². The SMILES string of the molecule is CCCCCCOc1c(CNCc2ccccc2C)cccc1OC. The first kappa shape index (κ1) is 19.3. The molecule has 0 aromatic heterocycles. The lowest BCUT2D eigenvalue weighted by atomic mass is 10.1. The predicted octanol–water partition coefficient (Wildman–Crippen LogP) is 5.25. The lowest BCUT2D eigenvalue weighted by Crippen LogP contribution is -2.15. The van der Waals surface area contributed by atoms with Gasteiger partial charge in [0.1, 0.15) is 0 Å². The molecule has 0 fully saturated rings. The molecule has 0 bridgehead atoms. The number of para-hydroxylation sites is 1. The molecule has 0 amide bonds. The molecule has 2 rings (SSSR count). The van der Waals surface area contributed by atoms with Crippen LogP contribution in [0.1, 0.15) is 49.3 Å². The van der Waals surface area contributed by atoms with E-state index in [4.69, 9.17) is 9.47 Å². The third-order valence-electron chi connectivity index (χ3n) is 4.42. The number of hydrogen-bond donors (Lipinski definition) is 1. The molecule has 0 aliphatic carbocycles. The van der Waals surface area contributed by atoms with E-state index >= 15 is 0 Å². The number of benzene rings is 2. The van der Waals surface area contributed by atoms with Crippen LogP contribution in [0.4, 0.5) is 0 Å². The molecule has 0 aliphatic heterocycles. The van der Waals surface area contributed by atoms with Gasteiger partial charge in [0.15, 0.2) is 11.5 Å². The molecule has 2 aromatic rings. The smallest absolute Gasteiger partial charge is 0.165 e. The summed E-state index contributed by atoms with van der Waals surface area (Å²) in [6.45, 7) is 6.72. The summed E-state index contributed by atoms with van der Waals surface area (Å²) in [5.74, 6) is 1.68. The van der Waals surface area contributed by atoms with Crippen LogP contribution in [0.15, 0.2) is 42.5 Å². The van der Waals surface area contributed by atoms with Crippen LogP contribution in [-0.4, -0.2) is 13.7 Å². The van der Waals surface area contributed by atoms with Crippen LogP contribution in [0.3, 0.4) is 0 Å². The standard InChI is InChI=1S/C22H31NO2/c1-4-5-6-9-15-25-22-20(13-10-14-21(22)24-3)17-23-16-19-12-8-7-11-18(19)2/h7-8,10-14,23H,4-6,9,15-17H2,1-3H3. The van der Waals surface area contributed by atoms with E-state index in [1.54, 1.807) is 7.11 Å². The van der Waals surface area contributed by atoms with Gasteiger partial charge in [-0.05, 0) is 30.5 Å². The van der Waals surface area contributed by atoms with Gasteiger partial charge in [-0.3, -0.25) is 0 Å². The maximum absolute atomic E-state index is 6.07. The van der Waals surface area contributed by atoms with E-state index in [2.05, 4.69) is 49.5 Å². The molecule has 0 unspecified atom stereocenters. The Hall–Kier alpha value is -2.00. The van der Waals surface area contributed by atoms with Crippen LogP contribution >= 0.6 is 0 Å². The van der Waals surface area contributed by atoms with E-state index in [0.29, 0.717) is 0 Å². The highest BCUT2D eigenvalue weighted by Crippen LogP contribution is 2.31. The number of nitrogens with one attached hydrogen (secondary N) is 1. The third-order valence-corrected chi connectivity index (χ3v) is 4.42. The summed E-state index contributed by atoms with van der Waals surface area (Å²) in [5.41, 5.74) is 3.78. The number of rotatable bonds is 11. The van der Waals surface area contributed by atoms with Crippen molar-refractivity contribution in [1.82, 2.24) is 5.32 Å². The fourth-order valence-electron chi connectivity index (χ4n) is 2.87. The van der Waals surface area contributed by atoms with Crippen LogP contribution in [0.2, 0.25) is 0 Å². The molecule has 0 heterocycles. The van der Waals surface area contributed by atoms with Gasteiger partial charge in [0, 0.05) is 18.7 Å². The van der Waals surface area contributed by atoms with Crippen molar-refractivity contribution in [2.24, 2.45) is 0 Å².